The lowest BCUT2D eigenvalue weighted by Gasteiger charge is -2.29. The lowest BCUT2D eigenvalue weighted by atomic mass is 10.0. The summed E-state index contributed by atoms with van der Waals surface area (Å²) in [6.45, 7) is 10.2. The SMILES string of the molecule is CC.CCc1c(C2=NC(=S)C(C)(C)N2C)nn(-c2ccc(Cl)cc2Cl)c1-c1ccc(C#CCCc2ccc(F)cc2)s1. The molecule has 0 unspecified atom stereocenters. The van der Waals surface area contributed by atoms with Gasteiger partial charge in [0.2, 0.25) is 0 Å². The summed E-state index contributed by atoms with van der Waals surface area (Å²) in [7, 11) is 2.00. The van der Waals surface area contributed by atoms with Gasteiger partial charge < -0.3 is 4.90 Å². The normalized spacial score (nSPS) is 13.8. The molecule has 1 aliphatic rings. The monoisotopic (exact) mass is 638 g/mol. The number of amidine groups is 1. The van der Waals surface area contributed by atoms with E-state index in [0.717, 1.165) is 56.6 Å². The third-order valence-electron chi connectivity index (χ3n) is 7.08. The summed E-state index contributed by atoms with van der Waals surface area (Å²) in [5.41, 5.74) is 4.17. The van der Waals surface area contributed by atoms with Crippen molar-refractivity contribution in [1.82, 2.24) is 14.7 Å². The van der Waals surface area contributed by atoms with Crippen molar-refractivity contribution in [1.29, 1.82) is 0 Å². The zero-order valence-corrected chi connectivity index (χ0v) is 27.7. The van der Waals surface area contributed by atoms with Gasteiger partial charge in [0.05, 0.1) is 31.7 Å². The van der Waals surface area contributed by atoms with Crippen LogP contribution in [0.5, 0.6) is 0 Å². The van der Waals surface area contributed by atoms with E-state index in [1.807, 2.05) is 43.8 Å². The summed E-state index contributed by atoms with van der Waals surface area (Å²) >= 11 is 20.1. The van der Waals surface area contributed by atoms with Crippen LogP contribution in [0, 0.1) is 17.7 Å². The highest BCUT2D eigenvalue weighted by atomic mass is 35.5. The summed E-state index contributed by atoms with van der Waals surface area (Å²) in [5.74, 6) is 7.06. The first kappa shape index (κ1) is 31.9. The first-order valence-electron chi connectivity index (χ1n) is 13.9. The number of halogens is 3. The highest BCUT2D eigenvalue weighted by Crippen LogP contribution is 2.38. The molecule has 2 aromatic heterocycles. The number of rotatable bonds is 6. The molecular weight excluding hydrogens is 606 g/mol. The highest BCUT2D eigenvalue weighted by molar-refractivity contribution is 7.80. The van der Waals surface area contributed by atoms with Gasteiger partial charge in [-0.15, -0.1) is 11.3 Å². The summed E-state index contributed by atoms with van der Waals surface area (Å²) in [4.78, 5) is 9.45. The number of nitrogens with zero attached hydrogens (tertiary/aromatic N) is 4. The lowest BCUT2D eigenvalue weighted by Crippen LogP contribution is -2.44. The van der Waals surface area contributed by atoms with Gasteiger partial charge in [0, 0.05) is 24.1 Å². The van der Waals surface area contributed by atoms with Gasteiger partial charge in [-0.25, -0.2) is 14.1 Å². The smallest absolute Gasteiger partial charge is 0.158 e. The maximum Gasteiger partial charge on any atom is 0.158 e. The number of benzene rings is 2. The van der Waals surface area contributed by atoms with Crippen LogP contribution in [0.4, 0.5) is 4.39 Å². The Kier molecular flexibility index (Phi) is 10.3. The van der Waals surface area contributed by atoms with E-state index < -0.39 is 5.54 Å². The molecule has 0 bridgehead atoms. The predicted octanol–water partition coefficient (Wildman–Crippen LogP) is 9.42. The molecule has 4 nitrogen and oxygen atoms in total. The average molecular weight is 640 g/mol. The zero-order chi connectivity index (χ0) is 30.6. The number of aromatic nitrogens is 2. The van der Waals surface area contributed by atoms with Crippen molar-refractivity contribution in [2.75, 3.05) is 7.05 Å². The van der Waals surface area contributed by atoms with Crippen molar-refractivity contribution in [3.63, 3.8) is 0 Å². The number of aryl methyl sites for hydroxylation is 1. The second kappa shape index (κ2) is 13.5. The Morgan fingerprint density at radius 2 is 1.76 bits per heavy atom. The summed E-state index contributed by atoms with van der Waals surface area (Å²) in [5, 5.41) is 6.13. The van der Waals surface area contributed by atoms with Crippen molar-refractivity contribution in [3.05, 3.63) is 92.2 Å². The minimum absolute atomic E-state index is 0.229. The largest absolute Gasteiger partial charge is 0.346 e. The molecule has 0 amide bonds. The van der Waals surface area contributed by atoms with Crippen molar-refractivity contribution < 1.29 is 4.39 Å². The van der Waals surface area contributed by atoms with Crippen LogP contribution < -0.4 is 0 Å². The van der Waals surface area contributed by atoms with Crippen molar-refractivity contribution in [3.8, 4) is 28.1 Å². The Labute approximate surface area is 267 Å². The van der Waals surface area contributed by atoms with E-state index in [4.69, 9.17) is 45.5 Å². The van der Waals surface area contributed by atoms with Gasteiger partial charge in [-0.2, -0.15) is 5.10 Å². The number of likely N-dealkylation sites (N-methyl/N-ethyl adjacent to an activating group) is 1. The molecule has 4 aromatic rings. The third kappa shape index (κ3) is 6.48. The quantitative estimate of drug-likeness (QED) is 0.156. The molecule has 0 atom stereocenters. The summed E-state index contributed by atoms with van der Waals surface area (Å²) in [6, 6.07) is 16.1. The van der Waals surface area contributed by atoms with Gasteiger partial charge in [0.25, 0.3) is 0 Å². The molecule has 218 valence electrons. The molecule has 0 saturated heterocycles. The van der Waals surface area contributed by atoms with Crippen LogP contribution in [-0.2, 0) is 12.8 Å². The predicted molar refractivity (Wildman–Crippen MR) is 180 cm³/mol. The lowest BCUT2D eigenvalue weighted by molar-refractivity contribution is 0.363. The van der Waals surface area contributed by atoms with Gasteiger partial charge >= 0.3 is 0 Å². The third-order valence-corrected chi connectivity index (χ3v) is 9.21. The van der Waals surface area contributed by atoms with Gasteiger partial charge in [-0.05, 0) is 74.7 Å². The van der Waals surface area contributed by atoms with Crippen LogP contribution in [0.1, 0.15) is 62.7 Å². The van der Waals surface area contributed by atoms with Crippen LogP contribution in [0.15, 0.2) is 59.6 Å². The molecule has 9 heteroatoms. The summed E-state index contributed by atoms with van der Waals surface area (Å²) < 4.78 is 15.1. The van der Waals surface area contributed by atoms with Crippen LogP contribution in [-0.4, -0.2) is 38.1 Å². The number of aliphatic imine (C=N–C) groups is 1. The van der Waals surface area contributed by atoms with Crippen LogP contribution >= 0.6 is 46.8 Å². The number of hydrogen-bond donors (Lipinski definition) is 0. The van der Waals surface area contributed by atoms with Crippen LogP contribution in [0.2, 0.25) is 10.0 Å². The van der Waals surface area contributed by atoms with E-state index in [-0.39, 0.29) is 5.82 Å². The van der Waals surface area contributed by atoms with Gasteiger partial charge in [-0.1, -0.05) is 80.2 Å². The first-order chi connectivity index (χ1) is 20.1. The summed E-state index contributed by atoms with van der Waals surface area (Å²) in [6.07, 6.45) is 2.18. The Balaban J connectivity index is 0.00000198. The molecule has 0 spiro atoms. The van der Waals surface area contributed by atoms with E-state index in [1.54, 1.807) is 29.5 Å². The van der Waals surface area contributed by atoms with Gasteiger partial charge in [0.1, 0.15) is 16.5 Å². The number of thiophene rings is 1. The Hall–Kier alpha value is -3.02. The van der Waals surface area contributed by atoms with E-state index >= 15 is 0 Å². The molecule has 0 N–H and O–H groups in total. The number of hydrogen-bond acceptors (Lipinski definition) is 4. The molecule has 0 aliphatic carbocycles. The fourth-order valence-corrected chi connectivity index (χ4v) is 6.16. The number of thiocarbonyl (C=S) groups is 1. The first-order valence-corrected chi connectivity index (χ1v) is 15.9. The van der Waals surface area contributed by atoms with E-state index in [1.165, 1.54) is 12.1 Å². The standard InChI is InChI=1S/C31H27Cl2FN4S2.C2H6/c1-5-23-27(29-35-30(39)31(2,3)37(29)4)36-38(25-16-12-20(32)18-24(25)33)28(23)26-17-15-22(40-26)9-7-6-8-19-10-13-21(34)14-11-19;1-2/h10-18H,5-6,8H2,1-4H3;1-2H3. The average Bonchev–Trinajstić information content (AvgIpc) is 3.64. The van der Waals surface area contributed by atoms with Crippen molar-refractivity contribution in [2.24, 2.45) is 4.99 Å². The Morgan fingerprint density at radius 3 is 2.38 bits per heavy atom. The second-order valence-corrected chi connectivity index (χ2v) is 12.3. The minimum Gasteiger partial charge on any atom is -0.346 e. The molecule has 2 aromatic carbocycles. The van der Waals surface area contributed by atoms with Crippen LogP contribution in [0.25, 0.3) is 16.3 Å². The van der Waals surface area contributed by atoms with E-state index in [0.29, 0.717) is 21.5 Å². The molecule has 3 heterocycles. The maximum absolute atomic E-state index is 13.2. The Bertz CT molecular complexity index is 1690. The van der Waals surface area contributed by atoms with Crippen molar-refractivity contribution in [2.45, 2.75) is 59.4 Å². The minimum atomic E-state index is -0.392. The van der Waals surface area contributed by atoms with Gasteiger partial charge in [-0.3, -0.25) is 0 Å². The highest BCUT2D eigenvalue weighted by Gasteiger charge is 2.40. The molecular formula is C33H33Cl2FN4S2. The molecule has 0 radical (unpaired) electrons. The van der Waals surface area contributed by atoms with Crippen LogP contribution in [0.3, 0.4) is 0 Å². The van der Waals surface area contributed by atoms with E-state index in [2.05, 4.69) is 43.6 Å². The molecule has 5 rings (SSSR count). The molecule has 42 heavy (non-hydrogen) atoms. The zero-order valence-electron chi connectivity index (χ0n) is 24.6. The molecule has 0 fully saturated rings. The van der Waals surface area contributed by atoms with E-state index in [9.17, 15) is 4.39 Å². The van der Waals surface area contributed by atoms with Crippen molar-refractivity contribution >= 4 is 57.6 Å². The maximum atomic E-state index is 13.2. The second-order valence-electron chi connectivity index (χ2n) is 9.99. The molecule has 1 aliphatic heterocycles. The fraction of sp³-hybridized carbons (Fsp3) is 0.303. The fourth-order valence-electron chi connectivity index (χ4n) is 4.51. The molecule has 0 saturated carbocycles. The topological polar surface area (TPSA) is 33.4 Å². The van der Waals surface area contributed by atoms with Gasteiger partial charge in [0.15, 0.2) is 5.84 Å². The Morgan fingerprint density at radius 1 is 1.05 bits per heavy atom.